The van der Waals surface area contributed by atoms with Gasteiger partial charge in [0, 0.05) is 5.56 Å². The number of hydrogen-bond donors (Lipinski definition) is 0. The second-order valence-corrected chi connectivity index (χ2v) is 5.88. The average molecular weight is 360 g/mol. The molecule has 0 radical (unpaired) electrons. The maximum absolute atomic E-state index is 12.2. The van der Waals surface area contributed by atoms with E-state index in [1.54, 1.807) is 23.1 Å². The fourth-order valence-corrected chi connectivity index (χ4v) is 2.56. The van der Waals surface area contributed by atoms with Crippen LogP contribution in [0.25, 0.3) is 11.5 Å². The molecule has 2 heterocycles. The zero-order chi connectivity index (χ0) is 18.5. The van der Waals surface area contributed by atoms with Gasteiger partial charge in [0.05, 0.1) is 12.1 Å². The maximum atomic E-state index is 12.2. The average Bonchev–Trinajstić information content (AvgIpc) is 3.39. The van der Waals surface area contributed by atoms with E-state index in [0.29, 0.717) is 23.7 Å². The Kier molecular flexibility index (Phi) is 4.74. The number of rotatable bonds is 6. The highest BCUT2D eigenvalue weighted by molar-refractivity contribution is 5.89. The van der Waals surface area contributed by atoms with E-state index in [2.05, 4.69) is 15.1 Å². The zero-order valence-corrected chi connectivity index (χ0v) is 14.4. The van der Waals surface area contributed by atoms with Gasteiger partial charge >= 0.3 is 5.97 Å². The summed E-state index contributed by atoms with van der Waals surface area (Å²) in [6.07, 6.45) is 4.62. The predicted molar refractivity (Wildman–Crippen MR) is 96.6 cm³/mol. The van der Waals surface area contributed by atoms with Crippen LogP contribution in [0.1, 0.15) is 21.6 Å². The fourth-order valence-electron chi connectivity index (χ4n) is 2.56. The third-order valence-corrected chi connectivity index (χ3v) is 3.92. The van der Waals surface area contributed by atoms with Crippen molar-refractivity contribution in [3.63, 3.8) is 0 Å². The van der Waals surface area contributed by atoms with E-state index in [-0.39, 0.29) is 6.61 Å². The molecule has 0 saturated heterocycles. The number of oxazole rings is 1. The number of esters is 1. The molecule has 0 unspecified atom stereocenters. The lowest BCUT2D eigenvalue weighted by molar-refractivity contribution is 0.0467. The molecule has 0 fully saturated rings. The first-order chi connectivity index (χ1) is 13.3. The largest absolute Gasteiger partial charge is 0.455 e. The highest BCUT2D eigenvalue weighted by Crippen LogP contribution is 2.18. The number of nitrogens with zero attached hydrogens (tertiary/aromatic N) is 4. The van der Waals surface area contributed by atoms with Crippen molar-refractivity contribution in [2.75, 3.05) is 0 Å². The van der Waals surface area contributed by atoms with Crippen molar-refractivity contribution in [2.45, 2.75) is 13.2 Å². The summed E-state index contributed by atoms with van der Waals surface area (Å²) in [5.41, 5.74) is 2.92. The molecular formula is C20H16N4O3. The minimum Gasteiger partial charge on any atom is -0.455 e. The second kappa shape index (κ2) is 7.65. The molecule has 0 atom stereocenters. The predicted octanol–water partition coefficient (Wildman–Crippen LogP) is 3.34. The Hall–Kier alpha value is -3.74. The Morgan fingerprint density at radius 3 is 2.63 bits per heavy atom. The molecule has 0 amide bonds. The van der Waals surface area contributed by atoms with E-state index in [9.17, 15) is 4.79 Å². The Balaban J connectivity index is 1.35. The Morgan fingerprint density at radius 1 is 1.07 bits per heavy atom. The molecule has 4 rings (SSSR count). The van der Waals surface area contributed by atoms with Gasteiger partial charge in [-0.25, -0.2) is 19.4 Å². The summed E-state index contributed by atoms with van der Waals surface area (Å²) < 4.78 is 12.5. The Morgan fingerprint density at radius 2 is 1.89 bits per heavy atom. The standard InChI is InChI=1S/C20H16N4O3/c25-20(17-8-6-15(7-9-17)10-24-14-21-13-22-24)27-12-18-11-26-19(23-18)16-4-2-1-3-5-16/h1-9,11,13-14H,10,12H2. The minimum atomic E-state index is -0.411. The summed E-state index contributed by atoms with van der Waals surface area (Å²) in [5.74, 6) is 0.0886. The minimum absolute atomic E-state index is 0.0515. The van der Waals surface area contributed by atoms with Crippen LogP contribution in [0.3, 0.4) is 0 Å². The summed E-state index contributed by atoms with van der Waals surface area (Å²) >= 11 is 0. The SMILES string of the molecule is O=C(OCc1coc(-c2ccccc2)n1)c1ccc(Cn2cncn2)cc1. The normalized spacial score (nSPS) is 10.7. The van der Waals surface area contributed by atoms with Gasteiger partial charge in [-0.05, 0) is 29.8 Å². The van der Waals surface area contributed by atoms with Crippen molar-refractivity contribution in [1.82, 2.24) is 19.7 Å². The smallest absolute Gasteiger partial charge is 0.338 e. The van der Waals surface area contributed by atoms with Crippen molar-refractivity contribution in [3.05, 3.63) is 90.3 Å². The van der Waals surface area contributed by atoms with E-state index in [1.165, 1.54) is 12.6 Å². The van der Waals surface area contributed by atoms with Gasteiger partial charge in [0.15, 0.2) is 0 Å². The van der Waals surface area contributed by atoms with E-state index in [0.717, 1.165) is 11.1 Å². The quantitative estimate of drug-likeness (QED) is 0.491. The van der Waals surface area contributed by atoms with Gasteiger partial charge in [0.2, 0.25) is 5.89 Å². The molecule has 0 aliphatic carbocycles. The molecule has 134 valence electrons. The molecule has 27 heavy (non-hydrogen) atoms. The third-order valence-electron chi connectivity index (χ3n) is 3.92. The number of carbonyl (C=O) groups is 1. The Bertz CT molecular complexity index is 1010. The van der Waals surface area contributed by atoms with E-state index >= 15 is 0 Å². The molecule has 0 bridgehead atoms. The van der Waals surface area contributed by atoms with E-state index < -0.39 is 5.97 Å². The summed E-state index contributed by atoms with van der Waals surface area (Å²) in [5, 5.41) is 4.05. The molecular weight excluding hydrogens is 344 g/mol. The van der Waals surface area contributed by atoms with Gasteiger partial charge in [0.1, 0.15) is 31.2 Å². The van der Waals surface area contributed by atoms with Crippen molar-refractivity contribution < 1.29 is 13.9 Å². The maximum Gasteiger partial charge on any atom is 0.338 e. The molecule has 2 aromatic heterocycles. The number of benzene rings is 2. The summed E-state index contributed by atoms with van der Waals surface area (Å²) in [6.45, 7) is 0.645. The van der Waals surface area contributed by atoms with Crippen molar-refractivity contribution in [2.24, 2.45) is 0 Å². The molecule has 2 aromatic carbocycles. The molecule has 0 spiro atoms. The van der Waals surface area contributed by atoms with Crippen LogP contribution in [-0.2, 0) is 17.9 Å². The van der Waals surface area contributed by atoms with Crippen LogP contribution in [-0.4, -0.2) is 25.7 Å². The molecule has 7 heteroatoms. The number of hydrogen-bond acceptors (Lipinski definition) is 6. The Labute approximate surface area is 155 Å². The van der Waals surface area contributed by atoms with Gasteiger partial charge in [-0.2, -0.15) is 5.10 Å². The molecule has 7 nitrogen and oxygen atoms in total. The summed E-state index contributed by atoms with van der Waals surface area (Å²) in [7, 11) is 0. The highest BCUT2D eigenvalue weighted by atomic mass is 16.5. The van der Waals surface area contributed by atoms with Crippen LogP contribution in [0.15, 0.2) is 77.9 Å². The first-order valence-corrected chi connectivity index (χ1v) is 8.36. The molecule has 0 aliphatic rings. The van der Waals surface area contributed by atoms with Crippen LogP contribution >= 0.6 is 0 Å². The fraction of sp³-hybridized carbons (Fsp3) is 0.100. The number of carbonyl (C=O) groups excluding carboxylic acids is 1. The van der Waals surface area contributed by atoms with Crippen molar-refractivity contribution in [3.8, 4) is 11.5 Å². The topological polar surface area (TPSA) is 83.0 Å². The first kappa shape index (κ1) is 16.7. The van der Waals surface area contributed by atoms with Crippen molar-refractivity contribution >= 4 is 5.97 Å². The monoisotopic (exact) mass is 360 g/mol. The highest BCUT2D eigenvalue weighted by Gasteiger charge is 2.11. The lowest BCUT2D eigenvalue weighted by atomic mass is 10.1. The van der Waals surface area contributed by atoms with E-state index in [4.69, 9.17) is 9.15 Å². The van der Waals surface area contributed by atoms with Crippen LogP contribution in [0.2, 0.25) is 0 Å². The zero-order valence-electron chi connectivity index (χ0n) is 14.4. The van der Waals surface area contributed by atoms with Gasteiger partial charge in [-0.3, -0.25) is 0 Å². The molecule has 4 aromatic rings. The third kappa shape index (κ3) is 4.09. The van der Waals surface area contributed by atoms with Gasteiger partial charge < -0.3 is 9.15 Å². The molecule has 0 saturated carbocycles. The lowest BCUT2D eigenvalue weighted by Gasteiger charge is -2.05. The first-order valence-electron chi connectivity index (χ1n) is 8.36. The lowest BCUT2D eigenvalue weighted by Crippen LogP contribution is -2.06. The van der Waals surface area contributed by atoms with Gasteiger partial charge in [-0.15, -0.1) is 0 Å². The van der Waals surface area contributed by atoms with Crippen LogP contribution in [0, 0.1) is 0 Å². The summed E-state index contributed by atoms with van der Waals surface area (Å²) in [6, 6.07) is 16.7. The van der Waals surface area contributed by atoms with Gasteiger partial charge in [0.25, 0.3) is 0 Å². The van der Waals surface area contributed by atoms with Crippen LogP contribution in [0.5, 0.6) is 0 Å². The molecule has 0 N–H and O–H groups in total. The van der Waals surface area contributed by atoms with Crippen LogP contribution < -0.4 is 0 Å². The van der Waals surface area contributed by atoms with Gasteiger partial charge in [-0.1, -0.05) is 30.3 Å². The number of aromatic nitrogens is 4. The van der Waals surface area contributed by atoms with E-state index in [1.807, 2.05) is 42.5 Å². The number of ether oxygens (including phenoxy) is 1. The summed E-state index contributed by atoms with van der Waals surface area (Å²) in [4.78, 5) is 20.5. The van der Waals surface area contributed by atoms with Crippen molar-refractivity contribution in [1.29, 1.82) is 0 Å². The van der Waals surface area contributed by atoms with Crippen LogP contribution in [0.4, 0.5) is 0 Å². The molecule has 0 aliphatic heterocycles. The second-order valence-electron chi connectivity index (χ2n) is 5.88.